The highest BCUT2D eigenvalue weighted by Gasteiger charge is 1.95. The molecule has 0 aliphatic rings. The molecular weight excluding hydrogens is 112 g/mol. The van der Waals surface area contributed by atoms with E-state index < -0.39 is 0 Å². The van der Waals surface area contributed by atoms with E-state index in [1.165, 1.54) is 0 Å². The predicted molar refractivity (Wildman–Crippen MR) is 41.5 cm³/mol. The summed E-state index contributed by atoms with van der Waals surface area (Å²) in [5.74, 6) is 1.06. The second-order valence-corrected chi connectivity index (χ2v) is 2.21. The lowest BCUT2D eigenvalue weighted by Crippen LogP contribution is -2.18. The van der Waals surface area contributed by atoms with Gasteiger partial charge >= 0.3 is 0 Å². The minimum Gasteiger partial charge on any atom is -0.387 e. The molecule has 0 aliphatic carbocycles. The van der Waals surface area contributed by atoms with Crippen molar-refractivity contribution in [3.8, 4) is 0 Å². The zero-order valence-electron chi connectivity index (χ0n) is 6.09. The number of amidine groups is 1. The van der Waals surface area contributed by atoms with Gasteiger partial charge in [0.2, 0.25) is 0 Å². The smallest absolute Gasteiger partial charge is 0.0966 e. The van der Waals surface area contributed by atoms with E-state index in [0.717, 1.165) is 0 Å². The Morgan fingerprint density at radius 3 is 2.67 bits per heavy atom. The van der Waals surface area contributed by atoms with Crippen LogP contribution in [-0.2, 0) is 0 Å². The van der Waals surface area contributed by atoms with Gasteiger partial charge in [0.1, 0.15) is 0 Å². The Hall–Kier alpha value is -0.790. The first-order valence-electron chi connectivity index (χ1n) is 3.09. The van der Waals surface area contributed by atoms with Gasteiger partial charge in [-0.1, -0.05) is 19.9 Å². The molecule has 0 aliphatic heterocycles. The Balaban J connectivity index is 3.68. The molecule has 0 unspecified atom stereocenters. The molecule has 0 aromatic heterocycles. The van der Waals surface area contributed by atoms with Gasteiger partial charge in [0.05, 0.1) is 12.4 Å². The molecule has 0 rings (SSSR count). The summed E-state index contributed by atoms with van der Waals surface area (Å²) in [5, 5.41) is 0. The summed E-state index contributed by atoms with van der Waals surface area (Å²) in [7, 11) is 0. The molecule has 0 aromatic rings. The minimum absolute atomic E-state index is 0.352. The van der Waals surface area contributed by atoms with Crippen molar-refractivity contribution >= 4 is 5.84 Å². The maximum atomic E-state index is 5.50. The fourth-order valence-corrected chi connectivity index (χ4v) is 0.353. The summed E-state index contributed by atoms with van der Waals surface area (Å²) in [6.45, 7) is 8.19. The van der Waals surface area contributed by atoms with Crippen molar-refractivity contribution in [2.24, 2.45) is 16.6 Å². The highest BCUT2D eigenvalue weighted by atomic mass is 14.8. The SMILES string of the molecule is C=CCN=C(N)C(C)C. The Bertz CT molecular complexity index is 114. The Kier molecular flexibility index (Phi) is 3.76. The summed E-state index contributed by atoms with van der Waals surface area (Å²) in [5.41, 5.74) is 5.50. The number of hydrogen-bond donors (Lipinski definition) is 1. The first kappa shape index (κ1) is 8.21. The monoisotopic (exact) mass is 126 g/mol. The Labute approximate surface area is 56.5 Å². The molecule has 0 saturated heterocycles. The van der Waals surface area contributed by atoms with Crippen molar-refractivity contribution in [2.45, 2.75) is 13.8 Å². The molecule has 0 radical (unpaired) electrons. The van der Waals surface area contributed by atoms with E-state index in [0.29, 0.717) is 18.3 Å². The van der Waals surface area contributed by atoms with Crippen LogP contribution in [0.15, 0.2) is 17.6 Å². The molecule has 52 valence electrons. The second kappa shape index (κ2) is 4.13. The molecule has 0 bridgehead atoms. The van der Waals surface area contributed by atoms with E-state index in [1.807, 2.05) is 13.8 Å². The van der Waals surface area contributed by atoms with Gasteiger partial charge in [-0.2, -0.15) is 0 Å². The van der Waals surface area contributed by atoms with Crippen molar-refractivity contribution in [3.63, 3.8) is 0 Å². The normalized spacial score (nSPS) is 12.1. The summed E-state index contributed by atoms with van der Waals surface area (Å²) in [6, 6.07) is 0. The minimum atomic E-state index is 0.352. The second-order valence-electron chi connectivity index (χ2n) is 2.21. The standard InChI is InChI=1S/C7H14N2/c1-4-5-9-7(8)6(2)3/h4,6H,1,5H2,2-3H3,(H2,8,9). The molecule has 9 heavy (non-hydrogen) atoms. The first-order chi connectivity index (χ1) is 4.18. The van der Waals surface area contributed by atoms with E-state index in [-0.39, 0.29) is 0 Å². The van der Waals surface area contributed by atoms with Crippen LogP contribution in [-0.4, -0.2) is 12.4 Å². The highest BCUT2D eigenvalue weighted by molar-refractivity contribution is 5.82. The van der Waals surface area contributed by atoms with E-state index in [2.05, 4.69) is 11.6 Å². The van der Waals surface area contributed by atoms with Crippen LogP contribution < -0.4 is 5.73 Å². The van der Waals surface area contributed by atoms with E-state index in [4.69, 9.17) is 5.73 Å². The molecule has 0 atom stereocenters. The topological polar surface area (TPSA) is 38.4 Å². The van der Waals surface area contributed by atoms with Gasteiger partial charge in [0.25, 0.3) is 0 Å². The molecule has 0 amide bonds. The van der Waals surface area contributed by atoms with Crippen molar-refractivity contribution in [3.05, 3.63) is 12.7 Å². The molecule has 2 heteroatoms. The van der Waals surface area contributed by atoms with Crippen LogP contribution in [0.1, 0.15) is 13.8 Å². The Morgan fingerprint density at radius 1 is 1.78 bits per heavy atom. The van der Waals surface area contributed by atoms with Crippen molar-refractivity contribution in [1.29, 1.82) is 0 Å². The van der Waals surface area contributed by atoms with Gasteiger partial charge in [-0.25, -0.2) is 0 Å². The lowest BCUT2D eigenvalue weighted by atomic mass is 10.2. The molecule has 0 heterocycles. The third-order valence-electron chi connectivity index (χ3n) is 0.994. The average molecular weight is 126 g/mol. The number of nitrogens with zero attached hydrogens (tertiary/aromatic N) is 1. The van der Waals surface area contributed by atoms with Gasteiger partial charge in [-0.05, 0) is 0 Å². The van der Waals surface area contributed by atoms with E-state index >= 15 is 0 Å². The maximum absolute atomic E-state index is 5.50. The number of nitrogens with two attached hydrogens (primary N) is 1. The number of aliphatic imine (C=N–C) groups is 1. The van der Waals surface area contributed by atoms with Crippen LogP contribution in [0.25, 0.3) is 0 Å². The summed E-state index contributed by atoms with van der Waals surface area (Å²) in [6.07, 6.45) is 1.73. The zero-order valence-corrected chi connectivity index (χ0v) is 6.09. The largest absolute Gasteiger partial charge is 0.387 e. The molecule has 0 saturated carbocycles. The zero-order chi connectivity index (χ0) is 7.28. The van der Waals surface area contributed by atoms with Crippen molar-refractivity contribution in [1.82, 2.24) is 0 Å². The van der Waals surface area contributed by atoms with Gasteiger partial charge in [0.15, 0.2) is 0 Å². The van der Waals surface area contributed by atoms with Gasteiger partial charge in [0, 0.05) is 5.92 Å². The van der Waals surface area contributed by atoms with Gasteiger partial charge < -0.3 is 5.73 Å². The quantitative estimate of drug-likeness (QED) is 0.344. The van der Waals surface area contributed by atoms with Crippen LogP contribution >= 0.6 is 0 Å². The van der Waals surface area contributed by atoms with Crippen molar-refractivity contribution < 1.29 is 0 Å². The summed E-state index contributed by atoms with van der Waals surface area (Å²) < 4.78 is 0. The van der Waals surface area contributed by atoms with Crippen LogP contribution in [0.2, 0.25) is 0 Å². The molecule has 0 aromatic carbocycles. The average Bonchev–Trinajstić information content (AvgIpc) is 1.82. The maximum Gasteiger partial charge on any atom is 0.0966 e. The Morgan fingerprint density at radius 2 is 2.33 bits per heavy atom. The van der Waals surface area contributed by atoms with Gasteiger partial charge in [-0.3, -0.25) is 4.99 Å². The van der Waals surface area contributed by atoms with E-state index in [1.54, 1.807) is 6.08 Å². The fraction of sp³-hybridized carbons (Fsp3) is 0.571. The number of rotatable bonds is 3. The van der Waals surface area contributed by atoms with Gasteiger partial charge in [-0.15, -0.1) is 6.58 Å². The summed E-state index contributed by atoms with van der Waals surface area (Å²) >= 11 is 0. The summed E-state index contributed by atoms with van der Waals surface area (Å²) in [4.78, 5) is 4.02. The molecule has 0 spiro atoms. The molecule has 2 N–H and O–H groups in total. The van der Waals surface area contributed by atoms with Crippen LogP contribution in [0.4, 0.5) is 0 Å². The molecule has 0 fully saturated rings. The molecule has 2 nitrogen and oxygen atoms in total. The lowest BCUT2D eigenvalue weighted by Gasteiger charge is -2.00. The van der Waals surface area contributed by atoms with Crippen LogP contribution in [0.3, 0.4) is 0 Å². The van der Waals surface area contributed by atoms with E-state index in [9.17, 15) is 0 Å². The number of hydrogen-bond acceptors (Lipinski definition) is 1. The van der Waals surface area contributed by atoms with Crippen LogP contribution in [0.5, 0.6) is 0 Å². The fourth-order valence-electron chi connectivity index (χ4n) is 0.353. The predicted octanol–water partition coefficient (Wildman–Crippen LogP) is 1.19. The first-order valence-corrected chi connectivity index (χ1v) is 3.09. The lowest BCUT2D eigenvalue weighted by molar-refractivity contribution is 0.865. The third kappa shape index (κ3) is 3.76. The third-order valence-corrected chi connectivity index (χ3v) is 0.994. The van der Waals surface area contributed by atoms with Crippen molar-refractivity contribution in [2.75, 3.05) is 6.54 Å². The molecular formula is C7H14N2. The highest BCUT2D eigenvalue weighted by Crippen LogP contribution is 1.90. The van der Waals surface area contributed by atoms with Crippen LogP contribution in [0, 0.1) is 5.92 Å².